The molecule has 2 heteroatoms. The van der Waals surface area contributed by atoms with E-state index in [2.05, 4.69) is 42.2 Å². The molecule has 0 radical (unpaired) electrons. The molecule has 2 nitrogen and oxygen atoms in total. The van der Waals surface area contributed by atoms with E-state index in [1.54, 1.807) is 0 Å². The van der Waals surface area contributed by atoms with E-state index in [-0.39, 0.29) is 0 Å². The quantitative estimate of drug-likeness (QED) is 0.846. The number of nitrogens with zero attached hydrogens (tertiary/aromatic N) is 1. The molecule has 2 fully saturated rings. The first-order chi connectivity index (χ1) is 8.21. The molecule has 0 bridgehead atoms. The van der Waals surface area contributed by atoms with Gasteiger partial charge in [-0.3, -0.25) is 4.90 Å². The maximum absolute atomic E-state index is 6.34. The van der Waals surface area contributed by atoms with Crippen LogP contribution in [0.4, 0.5) is 0 Å². The van der Waals surface area contributed by atoms with Crippen LogP contribution < -0.4 is 5.73 Å². The lowest BCUT2D eigenvalue weighted by atomic mass is 9.66. The molecule has 2 atom stereocenters. The molecule has 3 rings (SSSR count). The molecule has 0 unspecified atom stereocenters. The third kappa shape index (κ3) is 1.80. The zero-order chi connectivity index (χ0) is 11.9. The van der Waals surface area contributed by atoms with E-state index in [1.165, 1.54) is 31.4 Å². The van der Waals surface area contributed by atoms with E-state index in [9.17, 15) is 0 Å². The first-order valence-corrected chi connectivity index (χ1v) is 6.76. The summed E-state index contributed by atoms with van der Waals surface area (Å²) >= 11 is 0. The van der Waals surface area contributed by atoms with Crippen molar-refractivity contribution >= 4 is 0 Å². The van der Waals surface area contributed by atoms with E-state index in [4.69, 9.17) is 5.73 Å². The summed E-state index contributed by atoms with van der Waals surface area (Å²) < 4.78 is 0. The van der Waals surface area contributed by atoms with Gasteiger partial charge in [0.2, 0.25) is 0 Å². The van der Waals surface area contributed by atoms with Crippen LogP contribution in [0.15, 0.2) is 30.3 Å². The van der Waals surface area contributed by atoms with Gasteiger partial charge >= 0.3 is 0 Å². The lowest BCUT2D eigenvalue weighted by molar-refractivity contribution is 0.114. The Kier molecular flexibility index (Phi) is 2.72. The molecule has 1 heterocycles. The van der Waals surface area contributed by atoms with Crippen LogP contribution in [-0.2, 0) is 0 Å². The fourth-order valence-corrected chi connectivity index (χ4v) is 3.43. The number of nitrogens with two attached hydrogens (primary N) is 1. The molecular weight excluding hydrogens is 208 g/mol. The first-order valence-electron chi connectivity index (χ1n) is 6.76. The molecule has 1 saturated heterocycles. The molecule has 1 aromatic rings. The van der Waals surface area contributed by atoms with Gasteiger partial charge in [-0.1, -0.05) is 36.8 Å². The summed E-state index contributed by atoms with van der Waals surface area (Å²) in [5.74, 6) is 0. The summed E-state index contributed by atoms with van der Waals surface area (Å²) in [6.45, 7) is 4.57. The molecule has 1 saturated carbocycles. The Bertz CT molecular complexity index is 383. The van der Waals surface area contributed by atoms with E-state index in [1.807, 2.05) is 0 Å². The smallest absolute Gasteiger partial charge is 0.0320 e. The summed E-state index contributed by atoms with van der Waals surface area (Å²) in [5.41, 5.74) is 8.21. The Balaban J connectivity index is 1.74. The maximum atomic E-state index is 6.34. The summed E-state index contributed by atoms with van der Waals surface area (Å²) in [5, 5.41) is 0. The van der Waals surface area contributed by atoms with Crippen molar-refractivity contribution in [3.8, 4) is 0 Å². The van der Waals surface area contributed by atoms with Gasteiger partial charge in [-0.15, -0.1) is 0 Å². The normalized spacial score (nSPS) is 29.2. The van der Waals surface area contributed by atoms with Crippen LogP contribution in [0, 0.1) is 5.41 Å². The van der Waals surface area contributed by atoms with Gasteiger partial charge in [0.15, 0.2) is 0 Å². The van der Waals surface area contributed by atoms with Crippen LogP contribution in [0.5, 0.6) is 0 Å². The van der Waals surface area contributed by atoms with Crippen LogP contribution in [0.2, 0.25) is 0 Å². The predicted octanol–water partition coefficient (Wildman–Crippen LogP) is 2.56. The van der Waals surface area contributed by atoms with Crippen molar-refractivity contribution in [2.24, 2.45) is 11.1 Å². The van der Waals surface area contributed by atoms with Gasteiger partial charge in [-0.2, -0.15) is 0 Å². The average molecular weight is 230 g/mol. The van der Waals surface area contributed by atoms with Gasteiger partial charge < -0.3 is 5.73 Å². The zero-order valence-electron chi connectivity index (χ0n) is 10.6. The molecular formula is C15H22N2. The van der Waals surface area contributed by atoms with E-state index in [0.717, 1.165) is 6.54 Å². The van der Waals surface area contributed by atoms with Crippen molar-refractivity contribution in [1.82, 2.24) is 4.90 Å². The Morgan fingerprint density at radius 1 is 1.29 bits per heavy atom. The highest BCUT2D eigenvalue weighted by atomic mass is 15.2. The van der Waals surface area contributed by atoms with E-state index >= 15 is 0 Å². The van der Waals surface area contributed by atoms with Crippen molar-refractivity contribution in [2.75, 3.05) is 13.1 Å². The van der Waals surface area contributed by atoms with Gasteiger partial charge in [-0.25, -0.2) is 0 Å². The molecule has 92 valence electrons. The van der Waals surface area contributed by atoms with Gasteiger partial charge in [0.25, 0.3) is 0 Å². The molecule has 2 N–H and O–H groups in total. The van der Waals surface area contributed by atoms with Crippen LogP contribution in [0.25, 0.3) is 0 Å². The monoisotopic (exact) mass is 230 g/mol. The average Bonchev–Trinajstić information content (AvgIpc) is 2.67. The molecule has 0 aromatic heterocycles. The molecule has 1 spiro atoms. The van der Waals surface area contributed by atoms with Gasteiger partial charge in [-0.05, 0) is 30.7 Å². The third-order valence-electron chi connectivity index (χ3n) is 4.91. The Morgan fingerprint density at radius 2 is 2.00 bits per heavy atom. The minimum Gasteiger partial charge on any atom is -0.326 e. The van der Waals surface area contributed by atoms with Crippen LogP contribution in [-0.4, -0.2) is 24.0 Å². The summed E-state index contributed by atoms with van der Waals surface area (Å²) in [6, 6.07) is 11.7. The van der Waals surface area contributed by atoms with Gasteiger partial charge in [0, 0.05) is 25.2 Å². The SMILES string of the molecule is C[C@H](c1ccccc1)N1C[C@@H](N)C2(CCC2)C1. The summed E-state index contributed by atoms with van der Waals surface area (Å²) in [7, 11) is 0. The summed E-state index contributed by atoms with van der Waals surface area (Å²) in [6.07, 6.45) is 4.06. The second-order valence-corrected chi connectivity index (χ2v) is 5.84. The third-order valence-corrected chi connectivity index (χ3v) is 4.91. The topological polar surface area (TPSA) is 29.3 Å². The minimum absolute atomic E-state index is 0.391. The minimum atomic E-state index is 0.391. The zero-order valence-corrected chi connectivity index (χ0v) is 10.6. The molecule has 17 heavy (non-hydrogen) atoms. The molecule has 2 aliphatic rings. The van der Waals surface area contributed by atoms with Gasteiger partial charge in [0.1, 0.15) is 0 Å². The molecule has 1 aromatic carbocycles. The highest BCUT2D eigenvalue weighted by Gasteiger charge is 2.49. The van der Waals surface area contributed by atoms with Crippen molar-refractivity contribution in [2.45, 2.75) is 38.3 Å². The largest absolute Gasteiger partial charge is 0.326 e. The van der Waals surface area contributed by atoms with Crippen molar-refractivity contribution in [1.29, 1.82) is 0 Å². The van der Waals surface area contributed by atoms with Crippen LogP contribution >= 0.6 is 0 Å². The van der Waals surface area contributed by atoms with Crippen LogP contribution in [0.1, 0.15) is 37.8 Å². The Morgan fingerprint density at radius 3 is 2.53 bits per heavy atom. The van der Waals surface area contributed by atoms with Crippen LogP contribution in [0.3, 0.4) is 0 Å². The highest BCUT2D eigenvalue weighted by Crippen LogP contribution is 2.48. The maximum Gasteiger partial charge on any atom is 0.0320 e. The summed E-state index contributed by atoms with van der Waals surface area (Å²) in [4.78, 5) is 2.57. The number of hydrogen-bond acceptors (Lipinski definition) is 2. The highest BCUT2D eigenvalue weighted by molar-refractivity contribution is 5.19. The second-order valence-electron chi connectivity index (χ2n) is 5.84. The molecule has 1 aliphatic carbocycles. The van der Waals surface area contributed by atoms with Crippen molar-refractivity contribution in [3.63, 3.8) is 0 Å². The second kappa shape index (κ2) is 4.11. The fourth-order valence-electron chi connectivity index (χ4n) is 3.43. The fraction of sp³-hybridized carbons (Fsp3) is 0.600. The number of rotatable bonds is 2. The van der Waals surface area contributed by atoms with E-state index < -0.39 is 0 Å². The van der Waals surface area contributed by atoms with Crippen molar-refractivity contribution < 1.29 is 0 Å². The first kappa shape index (κ1) is 11.2. The lowest BCUT2D eigenvalue weighted by Crippen LogP contribution is -2.45. The standard InChI is InChI=1S/C15H22N2/c1-12(13-6-3-2-4-7-13)17-10-14(16)15(11-17)8-5-9-15/h2-4,6-7,12,14H,5,8-11,16H2,1H3/t12-,14-/m1/s1. The number of likely N-dealkylation sites (tertiary alicyclic amines) is 1. The molecule has 0 amide bonds. The lowest BCUT2D eigenvalue weighted by Gasteiger charge is -2.41. The predicted molar refractivity (Wildman–Crippen MR) is 70.7 cm³/mol. The number of hydrogen-bond donors (Lipinski definition) is 1. The van der Waals surface area contributed by atoms with Crippen molar-refractivity contribution in [3.05, 3.63) is 35.9 Å². The number of benzene rings is 1. The Labute approximate surface area is 104 Å². The Hall–Kier alpha value is -0.860. The van der Waals surface area contributed by atoms with Gasteiger partial charge in [0.05, 0.1) is 0 Å². The molecule has 1 aliphatic heterocycles. The van der Waals surface area contributed by atoms with E-state index in [0.29, 0.717) is 17.5 Å².